The Labute approximate surface area is 174 Å². The molecule has 1 aromatic carbocycles. The van der Waals surface area contributed by atoms with Crippen molar-refractivity contribution in [3.8, 4) is 0 Å². The summed E-state index contributed by atoms with van der Waals surface area (Å²) in [5, 5.41) is 4.04. The number of amides is 1. The van der Waals surface area contributed by atoms with Crippen LogP contribution in [-0.2, 0) is 22.4 Å². The second kappa shape index (κ2) is 9.39. The zero-order valence-corrected chi connectivity index (χ0v) is 17.7. The Bertz CT molecular complexity index is 901. The van der Waals surface area contributed by atoms with E-state index in [1.165, 1.54) is 22.3 Å². The van der Waals surface area contributed by atoms with Crippen LogP contribution >= 0.6 is 22.9 Å². The fourth-order valence-corrected chi connectivity index (χ4v) is 4.73. The van der Waals surface area contributed by atoms with Gasteiger partial charge in [0.05, 0.1) is 11.7 Å². The summed E-state index contributed by atoms with van der Waals surface area (Å²) in [6.07, 6.45) is 7.98. The Morgan fingerprint density at radius 2 is 1.93 bits per heavy atom. The molecule has 0 spiro atoms. The minimum atomic E-state index is -0.361. The van der Waals surface area contributed by atoms with Gasteiger partial charge in [0, 0.05) is 16.0 Å². The van der Waals surface area contributed by atoms with Crippen LogP contribution in [0.1, 0.15) is 59.5 Å². The highest BCUT2D eigenvalue weighted by atomic mass is 35.5. The van der Waals surface area contributed by atoms with E-state index < -0.39 is 0 Å². The zero-order valence-electron chi connectivity index (χ0n) is 16.1. The lowest BCUT2D eigenvalue weighted by Gasteiger charge is -2.11. The highest BCUT2D eigenvalue weighted by Gasteiger charge is 2.27. The normalized spacial score (nSPS) is 14.0. The smallest absolute Gasteiger partial charge is 0.341 e. The topological polar surface area (TPSA) is 55.4 Å². The molecule has 0 fully saturated rings. The van der Waals surface area contributed by atoms with Crippen LogP contribution in [0.3, 0.4) is 0 Å². The van der Waals surface area contributed by atoms with Gasteiger partial charge in [-0.1, -0.05) is 36.2 Å². The maximum Gasteiger partial charge on any atom is 0.341 e. The minimum absolute atomic E-state index is 0.211. The molecule has 0 radical (unpaired) electrons. The number of rotatable bonds is 5. The van der Waals surface area contributed by atoms with Crippen LogP contribution in [-0.4, -0.2) is 18.0 Å². The molecule has 0 saturated heterocycles. The lowest BCUT2D eigenvalue weighted by atomic mass is 10.1. The number of halogens is 1. The molecule has 0 saturated carbocycles. The van der Waals surface area contributed by atoms with E-state index in [2.05, 4.69) is 5.32 Å². The monoisotopic (exact) mass is 417 g/mol. The van der Waals surface area contributed by atoms with Gasteiger partial charge in [-0.2, -0.15) is 0 Å². The molecule has 0 aliphatic heterocycles. The Balaban J connectivity index is 1.85. The SMILES string of the molecule is CC(C)OC(=O)c1c(NC(=O)/C=C/c2ccccc2Cl)sc2c1CCCCC2. The predicted molar refractivity (Wildman–Crippen MR) is 115 cm³/mol. The van der Waals surface area contributed by atoms with Crippen molar-refractivity contribution in [1.82, 2.24) is 0 Å². The lowest BCUT2D eigenvalue weighted by Crippen LogP contribution is -2.16. The van der Waals surface area contributed by atoms with Gasteiger partial charge in [-0.15, -0.1) is 11.3 Å². The van der Waals surface area contributed by atoms with E-state index in [4.69, 9.17) is 16.3 Å². The number of ether oxygens (including phenoxy) is 1. The molecule has 1 amide bonds. The third kappa shape index (κ3) is 5.03. The van der Waals surface area contributed by atoms with Crippen LogP contribution in [0, 0.1) is 0 Å². The van der Waals surface area contributed by atoms with Gasteiger partial charge >= 0.3 is 5.97 Å². The number of thiophene rings is 1. The Kier molecular flexibility index (Phi) is 6.92. The molecule has 2 aromatic rings. The molecule has 6 heteroatoms. The highest BCUT2D eigenvalue weighted by molar-refractivity contribution is 7.17. The standard InChI is InChI=1S/C22H24ClNO3S/c1-14(2)27-22(26)20-16-9-4-3-5-11-18(16)28-21(20)24-19(25)13-12-15-8-6-7-10-17(15)23/h6-8,10,12-14H,3-5,9,11H2,1-2H3,(H,24,25)/b13-12+. The van der Waals surface area contributed by atoms with Crippen molar-refractivity contribution in [3.05, 3.63) is 56.9 Å². The van der Waals surface area contributed by atoms with Gasteiger partial charge < -0.3 is 10.1 Å². The maximum atomic E-state index is 12.7. The highest BCUT2D eigenvalue weighted by Crippen LogP contribution is 2.38. The van der Waals surface area contributed by atoms with Crippen LogP contribution in [0.2, 0.25) is 5.02 Å². The lowest BCUT2D eigenvalue weighted by molar-refractivity contribution is -0.111. The van der Waals surface area contributed by atoms with E-state index in [0.29, 0.717) is 15.6 Å². The van der Waals surface area contributed by atoms with Crippen molar-refractivity contribution < 1.29 is 14.3 Å². The van der Waals surface area contributed by atoms with E-state index in [0.717, 1.165) is 43.2 Å². The van der Waals surface area contributed by atoms with Gasteiger partial charge in [0.1, 0.15) is 5.00 Å². The Hall–Kier alpha value is -2.11. The summed E-state index contributed by atoms with van der Waals surface area (Å²) in [5.41, 5.74) is 2.33. The molecule has 148 valence electrons. The number of aryl methyl sites for hydroxylation is 1. The van der Waals surface area contributed by atoms with E-state index in [1.807, 2.05) is 32.0 Å². The van der Waals surface area contributed by atoms with Gasteiger partial charge in [-0.05, 0) is 62.8 Å². The number of benzene rings is 1. The molecule has 0 atom stereocenters. The van der Waals surface area contributed by atoms with Crippen molar-refractivity contribution in [2.24, 2.45) is 0 Å². The summed E-state index contributed by atoms with van der Waals surface area (Å²) < 4.78 is 5.45. The first-order valence-corrected chi connectivity index (χ1v) is 10.7. The van der Waals surface area contributed by atoms with Gasteiger partial charge in [-0.25, -0.2) is 4.79 Å². The van der Waals surface area contributed by atoms with Crippen molar-refractivity contribution >= 4 is 45.9 Å². The molecule has 1 aliphatic carbocycles. The minimum Gasteiger partial charge on any atom is -0.459 e. The molecule has 28 heavy (non-hydrogen) atoms. The molecule has 4 nitrogen and oxygen atoms in total. The van der Waals surface area contributed by atoms with Crippen molar-refractivity contribution in [2.45, 2.75) is 52.1 Å². The summed E-state index contributed by atoms with van der Waals surface area (Å²) in [5.74, 6) is -0.658. The molecule has 1 heterocycles. The average Bonchev–Trinajstić information content (AvgIpc) is 2.81. The number of esters is 1. The second-order valence-corrected chi connectivity index (χ2v) is 8.58. The maximum absolute atomic E-state index is 12.7. The summed E-state index contributed by atoms with van der Waals surface area (Å²) in [7, 11) is 0. The van der Waals surface area contributed by atoms with E-state index >= 15 is 0 Å². The summed E-state index contributed by atoms with van der Waals surface area (Å²) in [6.45, 7) is 3.65. The van der Waals surface area contributed by atoms with Gasteiger partial charge in [-0.3, -0.25) is 4.79 Å². The summed E-state index contributed by atoms with van der Waals surface area (Å²) in [4.78, 5) is 26.4. The summed E-state index contributed by atoms with van der Waals surface area (Å²) >= 11 is 7.62. The first-order chi connectivity index (χ1) is 13.5. The third-order valence-corrected chi connectivity index (χ3v) is 6.08. The van der Waals surface area contributed by atoms with Crippen LogP contribution in [0.4, 0.5) is 5.00 Å². The van der Waals surface area contributed by atoms with Crippen molar-refractivity contribution in [3.63, 3.8) is 0 Å². The van der Waals surface area contributed by atoms with Crippen LogP contribution in [0.5, 0.6) is 0 Å². The fourth-order valence-electron chi connectivity index (χ4n) is 3.25. The molecule has 1 N–H and O–H groups in total. The number of carbonyl (C=O) groups excluding carboxylic acids is 2. The first kappa shape index (κ1) is 20.6. The molecule has 1 aromatic heterocycles. The average molecular weight is 418 g/mol. The third-order valence-electron chi connectivity index (χ3n) is 4.52. The number of fused-ring (bicyclic) bond motifs is 1. The van der Waals surface area contributed by atoms with Gasteiger partial charge in [0.2, 0.25) is 5.91 Å². The number of carbonyl (C=O) groups is 2. The largest absolute Gasteiger partial charge is 0.459 e. The predicted octanol–water partition coefficient (Wildman–Crippen LogP) is 5.89. The van der Waals surface area contributed by atoms with E-state index in [1.54, 1.807) is 12.1 Å². The Morgan fingerprint density at radius 3 is 2.68 bits per heavy atom. The zero-order chi connectivity index (χ0) is 20.1. The molecular formula is C22H24ClNO3S. The number of hydrogen-bond acceptors (Lipinski definition) is 4. The molecule has 3 rings (SSSR count). The molecule has 0 unspecified atom stereocenters. The van der Waals surface area contributed by atoms with Crippen LogP contribution in [0.25, 0.3) is 6.08 Å². The van der Waals surface area contributed by atoms with Crippen LogP contribution in [0.15, 0.2) is 30.3 Å². The molecule has 1 aliphatic rings. The summed E-state index contributed by atoms with van der Waals surface area (Å²) in [6, 6.07) is 7.31. The van der Waals surface area contributed by atoms with Gasteiger partial charge in [0.15, 0.2) is 0 Å². The fraction of sp³-hybridized carbons (Fsp3) is 0.364. The quantitative estimate of drug-likeness (QED) is 0.375. The number of nitrogens with one attached hydrogen (secondary N) is 1. The van der Waals surface area contributed by atoms with Gasteiger partial charge in [0.25, 0.3) is 0 Å². The van der Waals surface area contributed by atoms with E-state index in [-0.39, 0.29) is 18.0 Å². The molecule has 0 bridgehead atoms. The second-order valence-electron chi connectivity index (χ2n) is 7.07. The van der Waals surface area contributed by atoms with Crippen molar-refractivity contribution in [1.29, 1.82) is 0 Å². The Morgan fingerprint density at radius 1 is 1.18 bits per heavy atom. The van der Waals surface area contributed by atoms with Crippen molar-refractivity contribution in [2.75, 3.05) is 5.32 Å². The first-order valence-electron chi connectivity index (χ1n) is 9.55. The number of hydrogen-bond donors (Lipinski definition) is 1. The van der Waals surface area contributed by atoms with Crippen LogP contribution < -0.4 is 5.32 Å². The number of anilines is 1. The van der Waals surface area contributed by atoms with E-state index in [9.17, 15) is 9.59 Å². The molecular weight excluding hydrogens is 394 g/mol.